The summed E-state index contributed by atoms with van der Waals surface area (Å²) in [6, 6.07) is 9.64. The first-order valence-corrected chi connectivity index (χ1v) is 6.90. The molecule has 6 heteroatoms. The fraction of sp³-hybridized carbons (Fsp3) is 0.125. The van der Waals surface area contributed by atoms with E-state index in [0.717, 1.165) is 5.56 Å². The Labute approximate surface area is 127 Å². The van der Waals surface area contributed by atoms with Gasteiger partial charge in [0.05, 0.1) is 18.6 Å². The lowest BCUT2D eigenvalue weighted by atomic mass is 10.1. The molecule has 0 spiro atoms. The maximum absolute atomic E-state index is 12.3. The predicted molar refractivity (Wildman–Crippen MR) is 80.9 cm³/mol. The predicted octanol–water partition coefficient (Wildman–Crippen LogP) is 1.84. The molecule has 0 aliphatic rings. The number of carbonyl (C=O) groups is 1. The standard InChI is InChI=1S/C16H15N5O/c22-16(14-10-17-6-7-19-14)20-15(11-21-9-8-18-12-21)13-4-2-1-3-5-13/h1-10,12,15H,11H2,(H,20,22)/t15-/m0/s1. The fourth-order valence-corrected chi connectivity index (χ4v) is 2.17. The molecule has 110 valence electrons. The van der Waals surface area contributed by atoms with Gasteiger partial charge >= 0.3 is 0 Å². The third kappa shape index (κ3) is 3.35. The molecule has 1 N–H and O–H groups in total. The topological polar surface area (TPSA) is 72.7 Å². The van der Waals surface area contributed by atoms with Crippen molar-refractivity contribution in [2.45, 2.75) is 12.6 Å². The van der Waals surface area contributed by atoms with Gasteiger partial charge in [-0.15, -0.1) is 0 Å². The van der Waals surface area contributed by atoms with Crippen molar-refractivity contribution in [3.05, 3.63) is 78.9 Å². The number of aromatic nitrogens is 4. The molecule has 1 amide bonds. The van der Waals surface area contributed by atoms with Crippen molar-refractivity contribution in [3.8, 4) is 0 Å². The van der Waals surface area contributed by atoms with E-state index in [1.165, 1.54) is 18.6 Å². The van der Waals surface area contributed by atoms with Crippen LogP contribution >= 0.6 is 0 Å². The summed E-state index contributed by atoms with van der Waals surface area (Å²) in [5.74, 6) is -0.248. The van der Waals surface area contributed by atoms with Gasteiger partial charge in [-0.1, -0.05) is 30.3 Å². The van der Waals surface area contributed by atoms with E-state index < -0.39 is 0 Å². The van der Waals surface area contributed by atoms with Crippen molar-refractivity contribution in [2.24, 2.45) is 0 Å². The van der Waals surface area contributed by atoms with Crippen LogP contribution in [0.5, 0.6) is 0 Å². The van der Waals surface area contributed by atoms with E-state index in [1.54, 1.807) is 12.5 Å². The quantitative estimate of drug-likeness (QED) is 0.779. The zero-order valence-corrected chi connectivity index (χ0v) is 11.8. The molecule has 0 aliphatic carbocycles. The van der Waals surface area contributed by atoms with Crippen molar-refractivity contribution in [3.63, 3.8) is 0 Å². The van der Waals surface area contributed by atoms with Crippen LogP contribution < -0.4 is 5.32 Å². The first kappa shape index (κ1) is 13.9. The molecule has 1 atom stereocenters. The molecule has 0 unspecified atom stereocenters. The maximum atomic E-state index is 12.3. The minimum atomic E-state index is -0.248. The molecule has 6 nitrogen and oxygen atoms in total. The Morgan fingerprint density at radius 2 is 2.00 bits per heavy atom. The number of hydrogen-bond donors (Lipinski definition) is 1. The van der Waals surface area contributed by atoms with Crippen molar-refractivity contribution in [1.29, 1.82) is 0 Å². The number of imidazole rings is 1. The van der Waals surface area contributed by atoms with E-state index in [4.69, 9.17) is 0 Å². The lowest BCUT2D eigenvalue weighted by molar-refractivity contribution is 0.0927. The molecule has 0 fully saturated rings. The average Bonchev–Trinajstić information content (AvgIpc) is 3.09. The zero-order chi connectivity index (χ0) is 15.2. The van der Waals surface area contributed by atoms with Gasteiger partial charge in [0, 0.05) is 31.3 Å². The van der Waals surface area contributed by atoms with Crippen molar-refractivity contribution in [2.75, 3.05) is 0 Å². The van der Waals surface area contributed by atoms with Crippen LogP contribution in [0, 0.1) is 0 Å². The lowest BCUT2D eigenvalue weighted by Gasteiger charge is -2.19. The smallest absolute Gasteiger partial charge is 0.272 e. The number of rotatable bonds is 5. The summed E-state index contributed by atoms with van der Waals surface area (Å²) in [4.78, 5) is 24.3. The Balaban J connectivity index is 1.81. The molecule has 0 saturated heterocycles. The SMILES string of the molecule is O=C(N[C@@H](Cn1ccnc1)c1ccccc1)c1cnccn1. The van der Waals surface area contributed by atoms with Gasteiger partial charge in [0.1, 0.15) is 5.69 Å². The van der Waals surface area contributed by atoms with E-state index in [2.05, 4.69) is 20.3 Å². The maximum Gasteiger partial charge on any atom is 0.272 e. The van der Waals surface area contributed by atoms with Crippen LogP contribution in [0.2, 0.25) is 0 Å². The van der Waals surface area contributed by atoms with Crippen LogP contribution in [0.4, 0.5) is 0 Å². The third-order valence-corrected chi connectivity index (χ3v) is 3.26. The summed E-state index contributed by atoms with van der Waals surface area (Å²) in [7, 11) is 0. The Kier molecular flexibility index (Phi) is 4.20. The van der Waals surface area contributed by atoms with Gasteiger partial charge in [-0.05, 0) is 5.56 Å². The van der Waals surface area contributed by atoms with Gasteiger partial charge in [-0.25, -0.2) is 9.97 Å². The summed E-state index contributed by atoms with van der Waals surface area (Å²) in [6.45, 7) is 0.593. The second-order valence-corrected chi connectivity index (χ2v) is 4.79. The number of nitrogens with one attached hydrogen (secondary N) is 1. The number of amides is 1. The van der Waals surface area contributed by atoms with Gasteiger partial charge in [0.15, 0.2) is 0 Å². The third-order valence-electron chi connectivity index (χ3n) is 3.26. The molecule has 2 aromatic heterocycles. The molecular weight excluding hydrogens is 278 g/mol. The van der Waals surface area contributed by atoms with Crippen molar-refractivity contribution < 1.29 is 4.79 Å². The number of hydrogen-bond acceptors (Lipinski definition) is 4. The van der Waals surface area contributed by atoms with Crippen LogP contribution in [0.15, 0.2) is 67.6 Å². The highest BCUT2D eigenvalue weighted by Crippen LogP contribution is 2.15. The molecule has 2 heterocycles. The Bertz CT molecular complexity index is 713. The molecule has 0 bridgehead atoms. The van der Waals surface area contributed by atoms with E-state index in [9.17, 15) is 4.79 Å². The lowest BCUT2D eigenvalue weighted by Crippen LogP contribution is -2.31. The average molecular weight is 293 g/mol. The number of benzene rings is 1. The van der Waals surface area contributed by atoms with Crippen LogP contribution in [0.1, 0.15) is 22.1 Å². The van der Waals surface area contributed by atoms with Crippen LogP contribution in [-0.4, -0.2) is 25.4 Å². The molecule has 22 heavy (non-hydrogen) atoms. The Hall–Kier alpha value is -3.02. The Morgan fingerprint density at radius 3 is 2.68 bits per heavy atom. The van der Waals surface area contributed by atoms with E-state index >= 15 is 0 Å². The molecular formula is C16H15N5O. The molecule has 1 aromatic carbocycles. The molecule has 0 saturated carbocycles. The summed E-state index contributed by atoms with van der Waals surface area (Å²) >= 11 is 0. The van der Waals surface area contributed by atoms with E-state index in [0.29, 0.717) is 12.2 Å². The van der Waals surface area contributed by atoms with Gasteiger partial charge < -0.3 is 9.88 Å². The van der Waals surface area contributed by atoms with Gasteiger partial charge in [-0.3, -0.25) is 9.78 Å². The summed E-state index contributed by atoms with van der Waals surface area (Å²) in [5, 5.41) is 3.00. The fourth-order valence-electron chi connectivity index (χ4n) is 2.17. The minimum Gasteiger partial charge on any atom is -0.342 e. The van der Waals surface area contributed by atoms with Gasteiger partial charge in [-0.2, -0.15) is 0 Å². The molecule has 0 radical (unpaired) electrons. The minimum absolute atomic E-state index is 0.176. The highest BCUT2D eigenvalue weighted by molar-refractivity contribution is 5.92. The summed E-state index contributed by atoms with van der Waals surface area (Å²) in [6.07, 6.45) is 9.80. The molecule has 0 aliphatic heterocycles. The normalized spacial score (nSPS) is 11.8. The Morgan fingerprint density at radius 1 is 1.14 bits per heavy atom. The highest BCUT2D eigenvalue weighted by atomic mass is 16.1. The largest absolute Gasteiger partial charge is 0.342 e. The first-order chi connectivity index (χ1) is 10.8. The van der Waals surface area contributed by atoms with Crippen LogP contribution in [0.3, 0.4) is 0 Å². The van der Waals surface area contributed by atoms with Gasteiger partial charge in [0.25, 0.3) is 5.91 Å². The van der Waals surface area contributed by atoms with E-state index in [-0.39, 0.29) is 11.9 Å². The summed E-state index contributed by atoms with van der Waals surface area (Å²) < 4.78 is 1.93. The second kappa shape index (κ2) is 6.62. The van der Waals surface area contributed by atoms with Crippen molar-refractivity contribution in [1.82, 2.24) is 24.8 Å². The molecule has 3 aromatic rings. The first-order valence-electron chi connectivity index (χ1n) is 6.90. The van der Waals surface area contributed by atoms with Gasteiger partial charge in [0.2, 0.25) is 0 Å². The highest BCUT2D eigenvalue weighted by Gasteiger charge is 2.17. The molecule has 3 rings (SSSR count). The van der Waals surface area contributed by atoms with Crippen LogP contribution in [0.25, 0.3) is 0 Å². The monoisotopic (exact) mass is 293 g/mol. The van der Waals surface area contributed by atoms with Crippen molar-refractivity contribution >= 4 is 5.91 Å². The zero-order valence-electron chi connectivity index (χ0n) is 11.8. The van der Waals surface area contributed by atoms with Crippen LogP contribution in [-0.2, 0) is 6.54 Å². The summed E-state index contributed by atoms with van der Waals surface area (Å²) in [5.41, 5.74) is 1.32. The number of carbonyl (C=O) groups excluding carboxylic acids is 1. The number of nitrogens with zero attached hydrogens (tertiary/aromatic N) is 4. The van der Waals surface area contributed by atoms with E-state index in [1.807, 2.05) is 41.1 Å². The second-order valence-electron chi connectivity index (χ2n) is 4.79.